The third kappa shape index (κ3) is 9.04. The number of nitrogens with one attached hydrogen (secondary N) is 2. The van der Waals surface area contributed by atoms with Crippen molar-refractivity contribution < 1.29 is 17.9 Å². The Kier molecular flexibility index (Phi) is 12.1. The van der Waals surface area contributed by atoms with Crippen LogP contribution in [0.4, 0.5) is 24.9 Å². The zero-order valence-electron chi connectivity index (χ0n) is 21.0. The van der Waals surface area contributed by atoms with Gasteiger partial charge in [0.1, 0.15) is 11.6 Å². The van der Waals surface area contributed by atoms with Gasteiger partial charge in [0.25, 0.3) is 0 Å². The summed E-state index contributed by atoms with van der Waals surface area (Å²) < 4.78 is 43.0. The molecule has 2 aromatic rings. The highest BCUT2D eigenvalue weighted by Gasteiger charge is 2.32. The first kappa shape index (κ1) is 31.7. The molecule has 1 saturated carbocycles. The number of rotatable bonds is 8. The Morgan fingerprint density at radius 2 is 1.70 bits per heavy atom. The van der Waals surface area contributed by atoms with Crippen molar-refractivity contribution in [2.45, 2.75) is 76.2 Å². The van der Waals surface area contributed by atoms with Crippen LogP contribution in [-0.2, 0) is 19.3 Å². The number of anilines is 2. The van der Waals surface area contributed by atoms with Gasteiger partial charge in [-0.1, -0.05) is 22.0 Å². The van der Waals surface area contributed by atoms with Crippen molar-refractivity contribution in [3.05, 3.63) is 39.5 Å². The van der Waals surface area contributed by atoms with Crippen molar-refractivity contribution in [2.75, 3.05) is 30.9 Å². The molecule has 208 valence electrons. The fourth-order valence-corrected chi connectivity index (χ4v) is 5.34. The minimum absolute atomic E-state index is 0. The van der Waals surface area contributed by atoms with Crippen LogP contribution >= 0.6 is 40.7 Å². The van der Waals surface area contributed by atoms with E-state index in [4.69, 9.17) is 9.97 Å². The van der Waals surface area contributed by atoms with E-state index in [-0.39, 0.29) is 30.6 Å². The number of hydrogen-bond donors (Lipinski definition) is 2. The molecular formula is C25H35BrCl2F3N5O. The molecule has 2 N–H and O–H groups in total. The summed E-state index contributed by atoms with van der Waals surface area (Å²) >= 11 is 3.21. The van der Waals surface area contributed by atoms with Crippen molar-refractivity contribution in [1.29, 1.82) is 0 Å². The third-order valence-electron chi connectivity index (χ3n) is 6.73. The van der Waals surface area contributed by atoms with Crippen LogP contribution in [-0.4, -0.2) is 49.1 Å². The Bertz CT molecular complexity index is 1020. The molecule has 0 amide bonds. The average molecular weight is 629 g/mol. The van der Waals surface area contributed by atoms with E-state index in [1.165, 1.54) is 30.2 Å². The van der Waals surface area contributed by atoms with Crippen molar-refractivity contribution >= 4 is 52.5 Å². The molecule has 12 heteroatoms. The van der Waals surface area contributed by atoms with E-state index in [0.717, 1.165) is 50.3 Å². The summed E-state index contributed by atoms with van der Waals surface area (Å²) in [6, 6.07) is 5.44. The van der Waals surface area contributed by atoms with Crippen molar-refractivity contribution in [3.63, 3.8) is 0 Å². The maximum Gasteiger partial charge on any atom is 0.573 e. The van der Waals surface area contributed by atoms with Crippen molar-refractivity contribution in [1.82, 2.24) is 15.3 Å². The number of benzene rings is 1. The van der Waals surface area contributed by atoms with E-state index in [1.807, 2.05) is 14.1 Å². The van der Waals surface area contributed by atoms with E-state index in [9.17, 15) is 13.2 Å². The van der Waals surface area contributed by atoms with Crippen LogP contribution in [0.2, 0.25) is 0 Å². The first-order chi connectivity index (χ1) is 16.7. The Balaban J connectivity index is 0.00000241. The molecule has 1 aromatic carbocycles. The second-order valence-corrected chi connectivity index (χ2v) is 10.5. The largest absolute Gasteiger partial charge is 0.573 e. The number of hydrogen-bond acceptors (Lipinski definition) is 6. The lowest BCUT2D eigenvalue weighted by molar-refractivity contribution is -0.274. The Hall–Kier alpha value is -1.49. The molecule has 2 aliphatic rings. The summed E-state index contributed by atoms with van der Waals surface area (Å²) in [4.78, 5) is 11.7. The second kappa shape index (κ2) is 14.1. The summed E-state index contributed by atoms with van der Waals surface area (Å²) in [6.07, 6.45) is 4.17. The van der Waals surface area contributed by atoms with Crippen LogP contribution in [0.25, 0.3) is 0 Å². The van der Waals surface area contributed by atoms with E-state index in [2.05, 4.69) is 36.2 Å². The quantitative estimate of drug-likeness (QED) is 0.349. The number of ether oxygens (including phenoxy) is 1. The van der Waals surface area contributed by atoms with Gasteiger partial charge < -0.3 is 20.3 Å². The highest BCUT2D eigenvalue weighted by Crippen LogP contribution is 2.31. The van der Waals surface area contributed by atoms with Gasteiger partial charge in [0, 0.05) is 36.2 Å². The highest BCUT2D eigenvalue weighted by atomic mass is 79.9. The Morgan fingerprint density at radius 3 is 2.38 bits per heavy atom. The van der Waals surface area contributed by atoms with Gasteiger partial charge in [0.15, 0.2) is 0 Å². The molecule has 1 heterocycles. The highest BCUT2D eigenvalue weighted by molar-refractivity contribution is 9.10. The predicted molar refractivity (Wildman–Crippen MR) is 150 cm³/mol. The fraction of sp³-hybridized carbons (Fsp3) is 0.600. The lowest BCUT2D eigenvalue weighted by atomic mass is 9.91. The summed E-state index contributed by atoms with van der Waals surface area (Å²) in [6.45, 7) is 0.596. The molecule has 2 aliphatic carbocycles. The molecule has 1 fully saturated rings. The van der Waals surface area contributed by atoms with Gasteiger partial charge >= 0.3 is 6.36 Å². The summed E-state index contributed by atoms with van der Waals surface area (Å²) in [5.74, 6) is 1.59. The van der Waals surface area contributed by atoms with Crippen LogP contribution < -0.4 is 20.3 Å². The molecule has 0 saturated heterocycles. The van der Waals surface area contributed by atoms with Crippen LogP contribution in [0.5, 0.6) is 5.75 Å². The molecule has 37 heavy (non-hydrogen) atoms. The smallest absolute Gasteiger partial charge is 0.405 e. The Labute approximate surface area is 237 Å². The van der Waals surface area contributed by atoms with Crippen molar-refractivity contribution in [2.24, 2.45) is 0 Å². The maximum atomic E-state index is 12.7. The van der Waals surface area contributed by atoms with Gasteiger partial charge in [-0.3, -0.25) is 0 Å². The number of halogens is 6. The number of aromatic nitrogens is 2. The molecule has 1 aromatic heterocycles. The normalized spacial score (nSPS) is 19.2. The monoisotopic (exact) mass is 627 g/mol. The lowest BCUT2D eigenvalue weighted by Gasteiger charge is -2.30. The van der Waals surface area contributed by atoms with E-state index in [1.54, 1.807) is 12.1 Å². The second-order valence-electron chi connectivity index (χ2n) is 9.59. The van der Waals surface area contributed by atoms with Gasteiger partial charge in [-0.05, 0) is 82.0 Å². The zero-order valence-corrected chi connectivity index (χ0v) is 24.3. The summed E-state index contributed by atoms with van der Waals surface area (Å²) in [5.41, 5.74) is 3.00. The topological polar surface area (TPSA) is 62.3 Å². The molecule has 0 radical (unpaired) electrons. The first-order valence-electron chi connectivity index (χ1n) is 12.3. The van der Waals surface area contributed by atoms with Crippen LogP contribution in [0, 0.1) is 0 Å². The molecule has 0 atom stereocenters. The summed E-state index contributed by atoms with van der Waals surface area (Å²) in [5, 5.41) is 7.07. The standard InChI is InChI=1S/C25H33BrF3N5O.2ClH/c1-34(2)23-20-5-3-4-6-21(20)32-24(33-23)31-19-11-9-18(10-12-19)30-14-13-16-7-8-17(26)15-22(16)35-25(27,28)29;;/h7-8,15,18-19,30H,3-6,9-14H2,1-2H3,(H,31,32,33);2*1H/t18-,19+;;. The molecule has 6 nitrogen and oxygen atoms in total. The zero-order chi connectivity index (χ0) is 25.0. The number of nitrogens with zero attached hydrogens (tertiary/aromatic N) is 3. The third-order valence-corrected chi connectivity index (χ3v) is 7.22. The van der Waals surface area contributed by atoms with Crippen LogP contribution in [0.15, 0.2) is 22.7 Å². The molecular weight excluding hydrogens is 594 g/mol. The molecule has 4 rings (SSSR count). The SMILES string of the molecule is CN(C)c1nc(N[C@H]2CC[C@@H](NCCc3ccc(Br)cc3OC(F)(F)F)CC2)nc2c1CCCC2.Cl.Cl. The minimum Gasteiger partial charge on any atom is -0.405 e. The number of aryl methyl sites for hydroxylation is 1. The fourth-order valence-electron chi connectivity index (χ4n) is 5.00. The van der Waals surface area contributed by atoms with Gasteiger partial charge in [-0.2, -0.15) is 4.98 Å². The molecule has 0 unspecified atom stereocenters. The summed E-state index contributed by atoms with van der Waals surface area (Å²) in [7, 11) is 4.06. The van der Waals surface area contributed by atoms with Gasteiger partial charge in [0.05, 0.1) is 5.69 Å². The van der Waals surface area contributed by atoms with E-state index >= 15 is 0 Å². The number of alkyl halides is 3. The van der Waals surface area contributed by atoms with Gasteiger partial charge in [0.2, 0.25) is 5.95 Å². The van der Waals surface area contributed by atoms with Gasteiger partial charge in [-0.15, -0.1) is 38.0 Å². The maximum absolute atomic E-state index is 12.7. The predicted octanol–water partition coefficient (Wildman–Crippen LogP) is 6.48. The first-order valence-corrected chi connectivity index (χ1v) is 13.1. The van der Waals surface area contributed by atoms with Crippen LogP contribution in [0.3, 0.4) is 0 Å². The van der Waals surface area contributed by atoms with Crippen molar-refractivity contribution in [3.8, 4) is 5.75 Å². The Morgan fingerprint density at radius 1 is 1.03 bits per heavy atom. The molecule has 0 bridgehead atoms. The van der Waals surface area contributed by atoms with E-state index < -0.39 is 6.36 Å². The number of fused-ring (bicyclic) bond motifs is 1. The molecule has 0 aliphatic heterocycles. The lowest BCUT2D eigenvalue weighted by Crippen LogP contribution is -2.38. The van der Waals surface area contributed by atoms with Crippen LogP contribution in [0.1, 0.15) is 55.3 Å². The minimum atomic E-state index is -4.70. The van der Waals surface area contributed by atoms with E-state index in [0.29, 0.717) is 35.1 Å². The average Bonchev–Trinajstić information content (AvgIpc) is 2.80. The molecule has 0 spiro atoms. The van der Waals surface area contributed by atoms with Gasteiger partial charge in [-0.25, -0.2) is 4.98 Å².